The summed E-state index contributed by atoms with van der Waals surface area (Å²) >= 11 is 6.33. The first-order chi connectivity index (χ1) is 15.3. The quantitative estimate of drug-likeness (QED) is 0.283. The minimum Gasteiger partial charge on any atom is -0.497 e. The van der Waals surface area contributed by atoms with Crippen molar-refractivity contribution in [3.63, 3.8) is 0 Å². The molecule has 1 N–H and O–H groups in total. The number of thioether (sulfide) groups is 1. The number of carbonyl (C=O) groups is 3. The van der Waals surface area contributed by atoms with Crippen LogP contribution in [-0.4, -0.2) is 40.8 Å². The molecule has 8 nitrogen and oxygen atoms in total. The van der Waals surface area contributed by atoms with E-state index in [1.165, 1.54) is 14.0 Å². The molecule has 0 aliphatic carbocycles. The lowest BCUT2D eigenvalue weighted by atomic mass is 10.2. The van der Waals surface area contributed by atoms with Crippen LogP contribution in [0.4, 0.5) is 0 Å². The average molecular weight is 473 g/mol. The standard InChI is InChI=1S/C22H20N2O6S2/c1-4-29-18-11-14(5-10-17(18)30-13(2)25)12-19-21(27)24(22(31)32-19)23-20(26)15-6-8-16(28-3)9-7-15/h5-12H,4H2,1-3H3,(H,23,26)/b19-12+. The third-order valence-electron chi connectivity index (χ3n) is 4.18. The Labute approximate surface area is 194 Å². The fraction of sp³-hybridized carbons (Fsp3) is 0.182. The van der Waals surface area contributed by atoms with Crippen molar-refractivity contribution in [2.24, 2.45) is 0 Å². The summed E-state index contributed by atoms with van der Waals surface area (Å²) in [6, 6.07) is 11.4. The number of carbonyl (C=O) groups excluding carboxylic acids is 3. The number of methoxy groups -OCH3 is 1. The van der Waals surface area contributed by atoms with E-state index in [9.17, 15) is 14.4 Å². The second kappa shape index (κ2) is 10.3. The zero-order valence-electron chi connectivity index (χ0n) is 17.5. The number of amides is 2. The van der Waals surface area contributed by atoms with Gasteiger partial charge in [0.1, 0.15) is 5.75 Å². The Morgan fingerprint density at radius 3 is 2.50 bits per heavy atom. The molecule has 2 amide bonds. The number of nitrogens with zero attached hydrogens (tertiary/aromatic N) is 1. The van der Waals surface area contributed by atoms with Crippen LogP contribution in [-0.2, 0) is 9.59 Å². The number of benzene rings is 2. The molecule has 1 aliphatic heterocycles. The summed E-state index contributed by atoms with van der Waals surface area (Å²) in [4.78, 5) is 36.9. The van der Waals surface area contributed by atoms with Crippen LogP contribution >= 0.6 is 24.0 Å². The first-order valence-corrected chi connectivity index (χ1v) is 10.7. The van der Waals surface area contributed by atoms with E-state index in [1.54, 1.807) is 55.5 Å². The predicted octanol–water partition coefficient (Wildman–Crippen LogP) is 3.57. The van der Waals surface area contributed by atoms with Crippen LogP contribution in [0.2, 0.25) is 0 Å². The monoisotopic (exact) mass is 472 g/mol. The molecule has 0 aromatic heterocycles. The van der Waals surface area contributed by atoms with Gasteiger partial charge in [0.15, 0.2) is 15.8 Å². The molecule has 0 unspecified atom stereocenters. The van der Waals surface area contributed by atoms with Gasteiger partial charge in [0.2, 0.25) is 0 Å². The topological polar surface area (TPSA) is 94.2 Å². The van der Waals surface area contributed by atoms with Crippen LogP contribution in [0, 0.1) is 0 Å². The maximum absolute atomic E-state index is 12.8. The van der Waals surface area contributed by atoms with Crippen molar-refractivity contribution in [3.8, 4) is 17.2 Å². The molecule has 0 atom stereocenters. The zero-order valence-corrected chi connectivity index (χ0v) is 19.2. The molecule has 1 fully saturated rings. The molecule has 0 radical (unpaired) electrons. The van der Waals surface area contributed by atoms with Crippen molar-refractivity contribution in [2.45, 2.75) is 13.8 Å². The average Bonchev–Trinajstić information content (AvgIpc) is 3.02. The van der Waals surface area contributed by atoms with Crippen molar-refractivity contribution >= 4 is 52.2 Å². The van der Waals surface area contributed by atoms with Gasteiger partial charge in [-0.3, -0.25) is 19.8 Å². The summed E-state index contributed by atoms with van der Waals surface area (Å²) in [6.07, 6.45) is 1.62. The van der Waals surface area contributed by atoms with Gasteiger partial charge in [0, 0.05) is 12.5 Å². The van der Waals surface area contributed by atoms with E-state index in [2.05, 4.69) is 5.43 Å². The van der Waals surface area contributed by atoms with E-state index >= 15 is 0 Å². The highest BCUT2D eigenvalue weighted by Gasteiger charge is 2.33. The number of hydrazine groups is 1. The lowest BCUT2D eigenvalue weighted by molar-refractivity contribution is -0.132. The SMILES string of the molecule is CCOc1cc(/C=C2/SC(=S)N(NC(=O)c3ccc(OC)cc3)C2=O)ccc1OC(C)=O. The van der Waals surface area contributed by atoms with Crippen molar-refractivity contribution in [3.05, 3.63) is 58.5 Å². The highest BCUT2D eigenvalue weighted by atomic mass is 32.2. The maximum atomic E-state index is 12.8. The zero-order chi connectivity index (χ0) is 23.3. The van der Waals surface area contributed by atoms with Crippen molar-refractivity contribution < 1.29 is 28.6 Å². The summed E-state index contributed by atoms with van der Waals surface area (Å²) in [5.41, 5.74) is 3.53. The molecule has 0 saturated carbocycles. The summed E-state index contributed by atoms with van der Waals surface area (Å²) < 4.78 is 15.9. The minimum atomic E-state index is -0.477. The van der Waals surface area contributed by atoms with E-state index in [1.807, 2.05) is 0 Å². The van der Waals surface area contributed by atoms with E-state index in [0.717, 1.165) is 16.8 Å². The Morgan fingerprint density at radius 2 is 1.88 bits per heavy atom. The van der Waals surface area contributed by atoms with Crippen LogP contribution in [0.1, 0.15) is 29.8 Å². The van der Waals surface area contributed by atoms with Gasteiger partial charge >= 0.3 is 5.97 Å². The fourth-order valence-corrected chi connectivity index (χ4v) is 3.93. The molecular weight excluding hydrogens is 452 g/mol. The first-order valence-electron chi connectivity index (χ1n) is 9.50. The number of rotatable bonds is 7. The van der Waals surface area contributed by atoms with Crippen LogP contribution in [0.25, 0.3) is 6.08 Å². The van der Waals surface area contributed by atoms with E-state index < -0.39 is 17.8 Å². The van der Waals surface area contributed by atoms with Crippen LogP contribution < -0.4 is 19.6 Å². The molecule has 32 heavy (non-hydrogen) atoms. The Kier molecular flexibility index (Phi) is 7.49. The number of hydrogen-bond acceptors (Lipinski definition) is 8. The lowest BCUT2D eigenvalue weighted by Gasteiger charge is -2.15. The molecule has 1 saturated heterocycles. The van der Waals surface area contributed by atoms with Gasteiger partial charge in [-0.1, -0.05) is 17.8 Å². The molecule has 1 aliphatic rings. The maximum Gasteiger partial charge on any atom is 0.308 e. The molecule has 10 heteroatoms. The molecule has 1 heterocycles. The highest BCUT2D eigenvalue weighted by molar-refractivity contribution is 8.26. The number of thiocarbonyl (C=S) groups is 1. The molecule has 2 aromatic carbocycles. The lowest BCUT2D eigenvalue weighted by Crippen LogP contribution is -2.44. The van der Waals surface area contributed by atoms with Crippen LogP contribution in [0.3, 0.4) is 0 Å². The van der Waals surface area contributed by atoms with Gasteiger partial charge in [-0.15, -0.1) is 0 Å². The van der Waals surface area contributed by atoms with Gasteiger partial charge in [-0.2, -0.15) is 5.01 Å². The smallest absolute Gasteiger partial charge is 0.308 e. The summed E-state index contributed by atoms with van der Waals surface area (Å²) in [5, 5.41) is 1.04. The van der Waals surface area contributed by atoms with Gasteiger partial charge in [-0.25, -0.2) is 0 Å². The predicted molar refractivity (Wildman–Crippen MR) is 124 cm³/mol. The summed E-state index contributed by atoms with van der Waals surface area (Å²) in [6.45, 7) is 3.48. The molecule has 166 valence electrons. The Bertz CT molecular complexity index is 1100. The van der Waals surface area contributed by atoms with Crippen molar-refractivity contribution in [1.82, 2.24) is 10.4 Å². The first kappa shape index (κ1) is 23.3. The number of hydrogen-bond donors (Lipinski definition) is 1. The van der Waals surface area contributed by atoms with Gasteiger partial charge < -0.3 is 14.2 Å². The van der Waals surface area contributed by atoms with E-state index in [0.29, 0.717) is 34.1 Å². The molecule has 3 rings (SSSR count). The normalized spacial score (nSPS) is 14.5. The second-order valence-corrected chi connectivity index (χ2v) is 8.10. The fourth-order valence-electron chi connectivity index (χ4n) is 2.75. The molecule has 2 aromatic rings. The van der Waals surface area contributed by atoms with Gasteiger partial charge in [0.05, 0.1) is 18.6 Å². The van der Waals surface area contributed by atoms with E-state index in [4.69, 9.17) is 26.4 Å². The number of nitrogens with one attached hydrogen (secondary N) is 1. The van der Waals surface area contributed by atoms with Crippen molar-refractivity contribution in [1.29, 1.82) is 0 Å². The third-order valence-corrected chi connectivity index (χ3v) is 5.48. The number of ether oxygens (including phenoxy) is 3. The summed E-state index contributed by atoms with van der Waals surface area (Å²) in [7, 11) is 1.53. The minimum absolute atomic E-state index is 0.199. The van der Waals surface area contributed by atoms with Gasteiger partial charge in [-0.05, 0) is 67.2 Å². The van der Waals surface area contributed by atoms with E-state index in [-0.39, 0.29) is 10.1 Å². The molecule has 0 spiro atoms. The highest BCUT2D eigenvalue weighted by Crippen LogP contribution is 2.34. The summed E-state index contributed by atoms with van der Waals surface area (Å²) in [5.74, 6) is -0.123. The Hall–Kier alpha value is -3.37. The molecule has 0 bridgehead atoms. The molecular formula is C22H20N2O6S2. The second-order valence-electron chi connectivity index (χ2n) is 6.42. The van der Waals surface area contributed by atoms with Gasteiger partial charge in [0.25, 0.3) is 11.8 Å². The third kappa shape index (κ3) is 5.45. The Balaban J connectivity index is 1.77. The van der Waals surface area contributed by atoms with Crippen molar-refractivity contribution in [2.75, 3.05) is 13.7 Å². The number of esters is 1. The largest absolute Gasteiger partial charge is 0.497 e. The Morgan fingerprint density at radius 1 is 1.16 bits per heavy atom. The van der Waals surface area contributed by atoms with Crippen LogP contribution in [0.15, 0.2) is 47.4 Å². The van der Waals surface area contributed by atoms with Crippen LogP contribution in [0.5, 0.6) is 17.2 Å².